The molecule has 15 heavy (non-hydrogen) atoms. The van der Waals surface area contributed by atoms with Crippen LogP contribution < -0.4 is 0 Å². The zero-order valence-electron chi connectivity index (χ0n) is 8.86. The molecule has 2 aromatic rings. The van der Waals surface area contributed by atoms with Crippen LogP contribution in [-0.4, -0.2) is 11.0 Å². The topological polar surface area (TPSA) is 22.0 Å². The highest BCUT2D eigenvalue weighted by atomic mass is 16.1. The van der Waals surface area contributed by atoms with Crippen LogP contribution >= 0.6 is 0 Å². The lowest BCUT2D eigenvalue weighted by Crippen LogP contribution is -1.90. The van der Waals surface area contributed by atoms with E-state index < -0.39 is 0 Å². The van der Waals surface area contributed by atoms with Gasteiger partial charge in [0.1, 0.15) is 0 Å². The van der Waals surface area contributed by atoms with E-state index in [4.69, 9.17) is 0 Å². The van der Waals surface area contributed by atoms with Crippen LogP contribution in [0.1, 0.15) is 25.3 Å². The fourth-order valence-electron chi connectivity index (χ4n) is 1.89. The molecule has 0 fully saturated rings. The van der Waals surface area contributed by atoms with Gasteiger partial charge in [-0.25, -0.2) is 0 Å². The van der Waals surface area contributed by atoms with Gasteiger partial charge in [-0.15, -0.1) is 0 Å². The Morgan fingerprint density at radius 2 is 2.13 bits per heavy atom. The molecule has 0 saturated carbocycles. The molecule has 1 heterocycles. The Balaban J connectivity index is 2.50. The van der Waals surface area contributed by atoms with Crippen molar-refractivity contribution in [3.05, 3.63) is 36.0 Å². The first-order chi connectivity index (χ1) is 7.36. The number of benzene rings is 1. The molecule has 0 aliphatic rings. The van der Waals surface area contributed by atoms with E-state index in [1.807, 2.05) is 30.8 Å². The van der Waals surface area contributed by atoms with Crippen molar-refractivity contribution in [2.75, 3.05) is 0 Å². The second-order valence-electron chi connectivity index (χ2n) is 3.74. The molecule has 0 amide bonds. The van der Waals surface area contributed by atoms with E-state index >= 15 is 0 Å². The summed E-state index contributed by atoms with van der Waals surface area (Å²) in [4.78, 5) is 10.7. The number of para-hydroxylation sites is 1. The summed E-state index contributed by atoms with van der Waals surface area (Å²) < 4.78 is 1.54. The highest BCUT2D eigenvalue weighted by Crippen LogP contribution is 2.21. The first kappa shape index (κ1) is 9.97. The Hall–Kier alpha value is -1.57. The van der Waals surface area contributed by atoms with Crippen LogP contribution in [0, 0.1) is 0 Å². The maximum absolute atomic E-state index is 10.7. The Kier molecular flexibility index (Phi) is 2.86. The zero-order valence-corrected chi connectivity index (χ0v) is 8.86. The summed E-state index contributed by atoms with van der Waals surface area (Å²) in [7, 11) is 0. The number of aryl methyl sites for hydroxylation is 1. The third-order valence-electron chi connectivity index (χ3n) is 2.69. The molecule has 1 aromatic heterocycles. The van der Waals surface area contributed by atoms with Crippen molar-refractivity contribution >= 4 is 17.3 Å². The number of rotatable bonds is 4. The van der Waals surface area contributed by atoms with Crippen LogP contribution in [0.15, 0.2) is 30.5 Å². The van der Waals surface area contributed by atoms with Gasteiger partial charge in [0.15, 0.2) is 0 Å². The quantitative estimate of drug-likeness (QED) is 0.743. The second-order valence-corrected chi connectivity index (χ2v) is 3.74. The van der Waals surface area contributed by atoms with Gasteiger partial charge in [-0.1, -0.05) is 31.5 Å². The summed E-state index contributed by atoms with van der Waals surface area (Å²) >= 11 is 0. The van der Waals surface area contributed by atoms with E-state index in [-0.39, 0.29) is 0 Å². The van der Waals surface area contributed by atoms with Gasteiger partial charge in [-0.05, 0) is 24.5 Å². The molecule has 0 N–H and O–H groups in total. The molecule has 0 aliphatic heterocycles. The molecule has 77 valence electrons. The van der Waals surface area contributed by atoms with Crippen LogP contribution in [0.5, 0.6) is 0 Å². The smallest absolute Gasteiger partial charge is 0.279 e. The number of hydrogen-bond acceptors (Lipinski definition) is 1. The fraction of sp³-hybridized carbons (Fsp3) is 0.308. The predicted octanol–water partition coefficient (Wildman–Crippen LogP) is 2.90. The molecule has 0 unspecified atom stereocenters. The third-order valence-corrected chi connectivity index (χ3v) is 2.69. The maximum Gasteiger partial charge on any atom is 0.321 e. The summed E-state index contributed by atoms with van der Waals surface area (Å²) in [5.74, 6) is 0. The van der Waals surface area contributed by atoms with Crippen molar-refractivity contribution in [3.63, 3.8) is 0 Å². The molecule has 0 aliphatic carbocycles. The van der Waals surface area contributed by atoms with Gasteiger partial charge in [0, 0.05) is 11.6 Å². The van der Waals surface area contributed by atoms with E-state index in [0.717, 1.165) is 18.4 Å². The van der Waals surface area contributed by atoms with E-state index in [1.165, 1.54) is 17.4 Å². The Morgan fingerprint density at radius 3 is 2.87 bits per heavy atom. The highest BCUT2D eigenvalue weighted by molar-refractivity contribution is 5.88. The molecule has 0 saturated heterocycles. The SMILES string of the molecule is CCCCc1cn([C]=O)c2ccccc12. The molecule has 1 aromatic carbocycles. The highest BCUT2D eigenvalue weighted by Gasteiger charge is 2.06. The molecule has 2 heteroatoms. The molecule has 2 rings (SSSR count). The van der Waals surface area contributed by atoms with E-state index in [1.54, 1.807) is 4.57 Å². The Labute approximate surface area is 89.5 Å². The van der Waals surface area contributed by atoms with Crippen molar-refractivity contribution in [2.45, 2.75) is 26.2 Å². The number of unbranched alkanes of at least 4 members (excludes halogenated alkanes) is 1. The van der Waals surface area contributed by atoms with Crippen LogP contribution in [0.25, 0.3) is 10.9 Å². The van der Waals surface area contributed by atoms with Crippen LogP contribution in [-0.2, 0) is 11.2 Å². The fourth-order valence-corrected chi connectivity index (χ4v) is 1.89. The minimum Gasteiger partial charge on any atom is -0.279 e. The Morgan fingerprint density at radius 1 is 1.33 bits per heavy atom. The summed E-state index contributed by atoms with van der Waals surface area (Å²) in [6, 6.07) is 7.97. The lowest BCUT2D eigenvalue weighted by Gasteiger charge is -1.95. The lowest BCUT2D eigenvalue weighted by molar-refractivity contribution is 0.549. The molecular weight excluding hydrogens is 186 g/mol. The van der Waals surface area contributed by atoms with Crippen molar-refractivity contribution in [1.29, 1.82) is 0 Å². The number of aromatic nitrogens is 1. The monoisotopic (exact) mass is 200 g/mol. The van der Waals surface area contributed by atoms with Gasteiger partial charge < -0.3 is 0 Å². The zero-order chi connectivity index (χ0) is 10.7. The van der Waals surface area contributed by atoms with E-state index in [9.17, 15) is 4.79 Å². The molecule has 0 spiro atoms. The number of hydrogen-bond donors (Lipinski definition) is 0. The number of carbonyl (C=O) groups excluding carboxylic acids is 1. The third kappa shape index (κ3) is 1.80. The van der Waals surface area contributed by atoms with Gasteiger partial charge in [0.2, 0.25) is 0 Å². The maximum atomic E-state index is 10.7. The van der Waals surface area contributed by atoms with E-state index in [0.29, 0.717) is 0 Å². The van der Waals surface area contributed by atoms with Crippen molar-refractivity contribution in [1.82, 2.24) is 4.57 Å². The first-order valence-corrected chi connectivity index (χ1v) is 5.34. The lowest BCUT2D eigenvalue weighted by atomic mass is 10.1. The molecule has 2 nitrogen and oxygen atoms in total. The van der Waals surface area contributed by atoms with Gasteiger partial charge in [-0.2, -0.15) is 0 Å². The standard InChI is InChI=1S/C13H14NO/c1-2-3-6-11-9-14(10-15)13-8-5-4-7-12(11)13/h4-5,7-9H,2-3,6H2,1H3. The molecular formula is C13H14NO. The second kappa shape index (κ2) is 4.30. The van der Waals surface area contributed by atoms with Gasteiger partial charge in [-0.3, -0.25) is 9.36 Å². The largest absolute Gasteiger partial charge is 0.321 e. The molecule has 0 bridgehead atoms. The molecule has 0 atom stereocenters. The Bertz CT molecular complexity index is 470. The number of fused-ring (bicyclic) bond motifs is 1. The van der Waals surface area contributed by atoms with Crippen LogP contribution in [0.2, 0.25) is 0 Å². The number of nitrogens with zero attached hydrogens (tertiary/aromatic N) is 1. The average Bonchev–Trinajstić information content (AvgIpc) is 2.65. The van der Waals surface area contributed by atoms with Crippen molar-refractivity contribution < 1.29 is 4.79 Å². The van der Waals surface area contributed by atoms with Gasteiger partial charge in [0.05, 0.1) is 5.52 Å². The summed E-state index contributed by atoms with van der Waals surface area (Å²) in [6.07, 6.45) is 7.19. The van der Waals surface area contributed by atoms with Crippen molar-refractivity contribution in [2.24, 2.45) is 0 Å². The normalized spacial score (nSPS) is 10.7. The predicted molar refractivity (Wildman–Crippen MR) is 61.6 cm³/mol. The van der Waals surface area contributed by atoms with Crippen LogP contribution in [0.4, 0.5) is 0 Å². The van der Waals surface area contributed by atoms with Crippen molar-refractivity contribution in [3.8, 4) is 0 Å². The summed E-state index contributed by atoms with van der Waals surface area (Å²) in [5, 5.41) is 1.18. The van der Waals surface area contributed by atoms with E-state index in [2.05, 4.69) is 13.0 Å². The minimum absolute atomic E-state index is 0.957. The average molecular weight is 200 g/mol. The summed E-state index contributed by atoms with van der Waals surface area (Å²) in [6.45, 7) is 2.17. The van der Waals surface area contributed by atoms with Gasteiger partial charge >= 0.3 is 6.41 Å². The summed E-state index contributed by atoms with van der Waals surface area (Å²) in [5.41, 5.74) is 2.20. The van der Waals surface area contributed by atoms with Crippen LogP contribution in [0.3, 0.4) is 0 Å². The minimum atomic E-state index is 0.957. The van der Waals surface area contributed by atoms with Gasteiger partial charge in [0.25, 0.3) is 0 Å². The first-order valence-electron chi connectivity index (χ1n) is 5.34. The molecule has 1 radical (unpaired) electrons.